The minimum absolute atomic E-state index is 0.0350. The Morgan fingerprint density at radius 3 is 2.71 bits per heavy atom. The predicted octanol–water partition coefficient (Wildman–Crippen LogP) is 2.10. The van der Waals surface area contributed by atoms with E-state index in [0.717, 1.165) is 30.3 Å². The van der Waals surface area contributed by atoms with Crippen molar-refractivity contribution < 1.29 is 0 Å². The molecule has 0 amide bonds. The topological polar surface area (TPSA) is 63.8 Å². The smallest absolute Gasteiger partial charge is 0.130 e. The summed E-state index contributed by atoms with van der Waals surface area (Å²) < 4.78 is 0. The van der Waals surface area contributed by atoms with Gasteiger partial charge in [0.1, 0.15) is 12.1 Å². The van der Waals surface area contributed by atoms with Crippen molar-refractivity contribution in [2.75, 3.05) is 11.9 Å². The van der Waals surface area contributed by atoms with Crippen LogP contribution in [-0.4, -0.2) is 22.1 Å². The van der Waals surface area contributed by atoms with E-state index in [1.54, 1.807) is 6.33 Å². The SMILES string of the molecule is Cc1cc(NC2(CN)CCC(C)CC2)ncn1. The Morgan fingerprint density at radius 2 is 2.12 bits per heavy atom. The Kier molecular flexibility index (Phi) is 3.62. The summed E-state index contributed by atoms with van der Waals surface area (Å²) in [6, 6.07) is 1.98. The maximum absolute atomic E-state index is 5.96. The number of aromatic nitrogens is 2. The lowest BCUT2D eigenvalue weighted by molar-refractivity contribution is 0.271. The molecule has 3 N–H and O–H groups in total. The van der Waals surface area contributed by atoms with Gasteiger partial charge in [-0.25, -0.2) is 9.97 Å². The number of nitrogens with one attached hydrogen (secondary N) is 1. The number of nitrogens with two attached hydrogens (primary N) is 1. The summed E-state index contributed by atoms with van der Waals surface area (Å²) in [6.45, 7) is 4.96. The van der Waals surface area contributed by atoms with Crippen LogP contribution in [0.1, 0.15) is 38.3 Å². The molecule has 0 saturated heterocycles. The fourth-order valence-electron chi connectivity index (χ4n) is 2.49. The van der Waals surface area contributed by atoms with Gasteiger partial charge in [-0.2, -0.15) is 0 Å². The molecule has 0 aliphatic heterocycles. The molecule has 1 heterocycles. The van der Waals surface area contributed by atoms with Gasteiger partial charge in [0.25, 0.3) is 0 Å². The minimum Gasteiger partial charge on any atom is -0.363 e. The van der Waals surface area contributed by atoms with E-state index in [9.17, 15) is 0 Å². The molecule has 1 fully saturated rings. The molecule has 1 aromatic rings. The van der Waals surface area contributed by atoms with Crippen molar-refractivity contribution in [3.05, 3.63) is 18.1 Å². The summed E-state index contributed by atoms with van der Waals surface area (Å²) in [4.78, 5) is 8.38. The van der Waals surface area contributed by atoms with Gasteiger partial charge in [0.05, 0.1) is 5.54 Å². The third-order valence-corrected chi connectivity index (χ3v) is 3.82. The van der Waals surface area contributed by atoms with Crippen molar-refractivity contribution in [1.82, 2.24) is 9.97 Å². The van der Waals surface area contributed by atoms with Crippen LogP contribution in [-0.2, 0) is 0 Å². The third-order valence-electron chi connectivity index (χ3n) is 3.82. The molecule has 17 heavy (non-hydrogen) atoms. The summed E-state index contributed by atoms with van der Waals surface area (Å²) in [5.74, 6) is 1.72. The number of hydrogen-bond acceptors (Lipinski definition) is 4. The van der Waals surface area contributed by atoms with Crippen molar-refractivity contribution in [2.24, 2.45) is 11.7 Å². The maximum atomic E-state index is 5.96. The van der Waals surface area contributed by atoms with Crippen LogP contribution in [0.5, 0.6) is 0 Å². The largest absolute Gasteiger partial charge is 0.363 e. The van der Waals surface area contributed by atoms with Crippen molar-refractivity contribution in [2.45, 2.75) is 45.1 Å². The summed E-state index contributed by atoms with van der Waals surface area (Å²) >= 11 is 0. The van der Waals surface area contributed by atoms with Crippen LogP contribution in [0.15, 0.2) is 12.4 Å². The molecular weight excluding hydrogens is 212 g/mol. The highest BCUT2D eigenvalue weighted by molar-refractivity contribution is 5.38. The number of rotatable bonds is 3. The highest BCUT2D eigenvalue weighted by atomic mass is 15.1. The standard InChI is InChI=1S/C13H22N4/c1-10-3-5-13(8-14,6-4-10)17-12-7-11(2)15-9-16-12/h7,9-10H,3-6,8,14H2,1-2H3,(H,15,16,17). The van der Waals surface area contributed by atoms with Gasteiger partial charge in [-0.05, 0) is 38.5 Å². The van der Waals surface area contributed by atoms with Gasteiger partial charge in [0.2, 0.25) is 0 Å². The molecule has 1 aliphatic rings. The molecule has 0 radical (unpaired) electrons. The Morgan fingerprint density at radius 1 is 1.41 bits per heavy atom. The summed E-state index contributed by atoms with van der Waals surface area (Å²) in [5, 5.41) is 3.53. The van der Waals surface area contributed by atoms with E-state index < -0.39 is 0 Å². The highest BCUT2D eigenvalue weighted by Crippen LogP contribution is 2.33. The van der Waals surface area contributed by atoms with E-state index >= 15 is 0 Å². The van der Waals surface area contributed by atoms with Gasteiger partial charge < -0.3 is 11.1 Å². The average Bonchev–Trinajstić information content (AvgIpc) is 2.33. The second kappa shape index (κ2) is 5.00. The van der Waals surface area contributed by atoms with Crippen molar-refractivity contribution in [3.8, 4) is 0 Å². The first-order valence-electron chi connectivity index (χ1n) is 6.40. The fourth-order valence-corrected chi connectivity index (χ4v) is 2.49. The van der Waals surface area contributed by atoms with Crippen LogP contribution in [0, 0.1) is 12.8 Å². The summed E-state index contributed by atoms with van der Waals surface area (Å²) in [5.41, 5.74) is 6.98. The molecule has 0 bridgehead atoms. The molecule has 4 nitrogen and oxygen atoms in total. The van der Waals surface area contributed by atoms with Gasteiger partial charge in [-0.3, -0.25) is 0 Å². The molecule has 94 valence electrons. The van der Waals surface area contributed by atoms with E-state index in [4.69, 9.17) is 5.73 Å². The normalized spacial score (nSPS) is 29.0. The van der Waals surface area contributed by atoms with Crippen molar-refractivity contribution >= 4 is 5.82 Å². The molecule has 0 spiro atoms. The quantitative estimate of drug-likeness (QED) is 0.840. The molecule has 1 saturated carbocycles. The number of aryl methyl sites for hydroxylation is 1. The molecule has 0 aromatic carbocycles. The first kappa shape index (κ1) is 12.3. The first-order chi connectivity index (χ1) is 8.13. The lowest BCUT2D eigenvalue weighted by Gasteiger charge is -2.39. The van der Waals surface area contributed by atoms with E-state index in [1.165, 1.54) is 12.8 Å². The van der Waals surface area contributed by atoms with Crippen LogP contribution in [0.25, 0.3) is 0 Å². The maximum Gasteiger partial charge on any atom is 0.130 e. The third kappa shape index (κ3) is 2.94. The molecular formula is C13H22N4. The second-order valence-corrected chi connectivity index (χ2v) is 5.34. The lowest BCUT2D eigenvalue weighted by atomic mass is 9.77. The Labute approximate surface area is 103 Å². The Balaban J connectivity index is 2.09. The van der Waals surface area contributed by atoms with Crippen LogP contribution >= 0.6 is 0 Å². The average molecular weight is 234 g/mol. The zero-order valence-electron chi connectivity index (χ0n) is 10.7. The van der Waals surface area contributed by atoms with Gasteiger partial charge >= 0.3 is 0 Å². The first-order valence-corrected chi connectivity index (χ1v) is 6.40. The van der Waals surface area contributed by atoms with Crippen LogP contribution < -0.4 is 11.1 Å². The predicted molar refractivity (Wildman–Crippen MR) is 69.8 cm³/mol. The second-order valence-electron chi connectivity index (χ2n) is 5.34. The van der Waals surface area contributed by atoms with E-state index in [1.807, 2.05) is 13.0 Å². The van der Waals surface area contributed by atoms with Gasteiger partial charge in [0, 0.05) is 18.3 Å². The summed E-state index contributed by atoms with van der Waals surface area (Å²) in [7, 11) is 0. The van der Waals surface area contributed by atoms with Crippen LogP contribution in [0.4, 0.5) is 5.82 Å². The minimum atomic E-state index is 0.0350. The molecule has 2 rings (SSSR count). The number of hydrogen-bond donors (Lipinski definition) is 2. The molecule has 4 heteroatoms. The van der Waals surface area contributed by atoms with Crippen molar-refractivity contribution in [3.63, 3.8) is 0 Å². The molecule has 0 unspecified atom stereocenters. The van der Waals surface area contributed by atoms with E-state index in [2.05, 4.69) is 22.2 Å². The molecule has 1 aromatic heterocycles. The zero-order chi connectivity index (χ0) is 12.3. The summed E-state index contributed by atoms with van der Waals surface area (Å²) in [6.07, 6.45) is 6.36. The molecule has 1 aliphatic carbocycles. The van der Waals surface area contributed by atoms with Gasteiger partial charge in [0.15, 0.2) is 0 Å². The van der Waals surface area contributed by atoms with E-state index in [0.29, 0.717) is 6.54 Å². The Bertz CT molecular complexity index is 369. The lowest BCUT2D eigenvalue weighted by Crippen LogP contribution is -2.48. The fraction of sp³-hybridized carbons (Fsp3) is 0.692. The van der Waals surface area contributed by atoms with Crippen LogP contribution in [0.3, 0.4) is 0 Å². The molecule has 0 atom stereocenters. The number of anilines is 1. The van der Waals surface area contributed by atoms with Gasteiger partial charge in [-0.1, -0.05) is 6.92 Å². The Hall–Kier alpha value is -1.16. The number of nitrogens with zero attached hydrogens (tertiary/aromatic N) is 2. The van der Waals surface area contributed by atoms with Crippen LogP contribution in [0.2, 0.25) is 0 Å². The van der Waals surface area contributed by atoms with Gasteiger partial charge in [-0.15, -0.1) is 0 Å². The highest BCUT2D eigenvalue weighted by Gasteiger charge is 2.33. The monoisotopic (exact) mass is 234 g/mol. The van der Waals surface area contributed by atoms with Crippen molar-refractivity contribution in [1.29, 1.82) is 0 Å². The van der Waals surface area contributed by atoms with E-state index in [-0.39, 0.29) is 5.54 Å². The zero-order valence-corrected chi connectivity index (χ0v) is 10.7.